The lowest BCUT2D eigenvalue weighted by Crippen LogP contribution is -2.35. The maximum Gasteiger partial charge on any atom is 0.0440 e. The third-order valence-corrected chi connectivity index (χ3v) is 4.11. The van der Waals surface area contributed by atoms with Crippen molar-refractivity contribution in [1.29, 1.82) is 0 Å². The van der Waals surface area contributed by atoms with Gasteiger partial charge in [0.2, 0.25) is 0 Å². The van der Waals surface area contributed by atoms with Crippen LogP contribution in [0.25, 0.3) is 0 Å². The zero-order valence-electron chi connectivity index (χ0n) is 12.3. The van der Waals surface area contributed by atoms with E-state index in [1.807, 2.05) is 0 Å². The molecule has 1 aliphatic carbocycles. The van der Waals surface area contributed by atoms with Crippen LogP contribution >= 0.6 is 0 Å². The van der Waals surface area contributed by atoms with Gasteiger partial charge in [0, 0.05) is 13.0 Å². The molecule has 1 unspecified atom stereocenters. The van der Waals surface area contributed by atoms with Crippen LogP contribution in [-0.4, -0.2) is 6.04 Å². The highest BCUT2D eigenvalue weighted by Gasteiger charge is 2.45. The fourth-order valence-electron chi connectivity index (χ4n) is 2.85. The molecule has 1 aliphatic rings. The summed E-state index contributed by atoms with van der Waals surface area (Å²) >= 11 is 0. The number of nitrogens with one attached hydrogen (secondary N) is 1. The second-order valence-electron chi connectivity index (χ2n) is 6.26. The van der Waals surface area contributed by atoms with E-state index in [2.05, 4.69) is 57.3 Å². The summed E-state index contributed by atoms with van der Waals surface area (Å²) in [6.07, 6.45) is 5.07. The molecule has 102 valence electrons. The monoisotopic (exact) mass is 247 g/mol. The maximum atomic E-state index is 3.78. The van der Waals surface area contributed by atoms with E-state index in [0.29, 0.717) is 6.04 Å². The molecular formula is C17H29N. The Morgan fingerprint density at radius 3 is 2.44 bits per heavy atom. The minimum atomic E-state index is 0. The molecular weight excluding hydrogens is 218 g/mol. The van der Waals surface area contributed by atoms with Crippen LogP contribution in [0, 0.1) is 5.92 Å². The van der Waals surface area contributed by atoms with E-state index in [1.54, 1.807) is 11.1 Å². The third-order valence-electron chi connectivity index (χ3n) is 4.11. The highest BCUT2D eigenvalue weighted by atomic mass is 15.0. The summed E-state index contributed by atoms with van der Waals surface area (Å²) in [6.45, 7) is 9.13. The van der Waals surface area contributed by atoms with Crippen LogP contribution in [0.3, 0.4) is 0 Å². The third kappa shape index (κ3) is 2.95. The molecule has 1 fully saturated rings. The topological polar surface area (TPSA) is 12.0 Å². The number of benzene rings is 1. The van der Waals surface area contributed by atoms with Crippen LogP contribution in [0.2, 0.25) is 0 Å². The van der Waals surface area contributed by atoms with Crippen LogP contribution in [0.15, 0.2) is 24.3 Å². The molecule has 0 saturated heterocycles. The van der Waals surface area contributed by atoms with Gasteiger partial charge in [-0.1, -0.05) is 58.4 Å². The first-order chi connectivity index (χ1) is 8.57. The first-order valence-electron chi connectivity index (χ1n) is 7.43. The van der Waals surface area contributed by atoms with E-state index < -0.39 is 0 Å². The molecule has 0 amide bonds. The maximum absolute atomic E-state index is 3.78. The van der Waals surface area contributed by atoms with Crippen molar-refractivity contribution in [3.05, 3.63) is 35.4 Å². The van der Waals surface area contributed by atoms with Crippen molar-refractivity contribution in [3.63, 3.8) is 0 Å². The second-order valence-corrected chi connectivity index (χ2v) is 6.26. The first-order valence-corrected chi connectivity index (χ1v) is 7.43. The van der Waals surface area contributed by atoms with Gasteiger partial charge in [0.25, 0.3) is 0 Å². The van der Waals surface area contributed by atoms with Crippen molar-refractivity contribution in [3.8, 4) is 0 Å². The molecule has 18 heavy (non-hydrogen) atoms. The summed E-state index contributed by atoms with van der Waals surface area (Å²) in [4.78, 5) is 0. The Balaban J connectivity index is 0.00000180. The molecule has 1 saturated carbocycles. The van der Waals surface area contributed by atoms with Gasteiger partial charge in [-0.2, -0.15) is 0 Å². The van der Waals surface area contributed by atoms with Crippen LogP contribution in [-0.2, 0) is 12.0 Å². The number of hydrogen-bond acceptors (Lipinski definition) is 1. The summed E-state index contributed by atoms with van der Waals surface area (Å²) in [5, 5.41) is 3.78. The molecule has 0 aromatic heterocycles. The lowest BCUT2D eigenvalue weighted by Gasteiger charge is -2.24. The van der Waals surface area contributed by atoms with Crippen LogP contribution in [0.5, 0.6) is 0 Å². The highest BCUT2D eigenvalue weighted by Crippen LogP contribution is 2.47. The minimum Gasteiger partial charge on any atom is -0.305 e. The normalized spacial score (nSPS) is 18.9. The fourth-order valence-corrected chi connectivity index (χ4v) is 2.85. The van der Waals surface area contributed by atoms with E-state index >= 15 is 0 Å². The second kappa shape index (κ2) is 5.44. The van der Waals surface area contributed by atoms with Gasteiger partial charge in [-0.3, -0.25) is 0 Å². The van der Waals surface area contributed by atoms with Crippen molar-refractivity contribution in [2.45, 2.75) is 65.0 Å². The number of rotatable bonds is 6. The van der Waals surface area contributed by atoms with Crippen molar-refractivity contribution >= 4 is 0 Å². The van der Waals surface area contributed by atoms with Crippen molar-refractivity contribution in [2.24, 2.45) is 5.92 Å². The van der Waals surface area contributed by atoms with Gasteiger partial charge in [0.15, 0.2) is 0 Å². The molecule has 0 heterocycles. The smallest absolute Gasteiger partial charge is 0.0440 e. The Kier molecular flexibility index (Phi) is 4.11. The highest BCUT2D eigenvalue weighted by molar-refractivity contribution is 5.38. The average molecular weight is 247 g/mol. The Hall–Kier alpha value is -0.820. The lowest BCUT2D eigenvalue weighted by molar-refractivity contribution is 0.454. The van der Waals surface area contributed by atoms with Gasteiger partial charge in [-0.05, 0) is 36.3 Å². The molecule has 1 nitrogen and oxygen atoms in total. The molecule has 0 spiro atoms. The fraction of sp³-hybridized carbons (Fsp3) is 0.647. The SMILES string of the molecule is CCC(C)Cc1ccccc1C1(NC(C)C)CC1.[HH]. The number of hydrogen-bond donors (Lipinski definition) is 1. The molecule has 0 bridgehead atoms. The predicted molar refractivity (Wildman–Crippen MR) is 80.9 cm³/mol. The zero-order valence-corrected chi connectivity index (χ0v) is 12.3. The van der Waals surface area contributed by atoms with Gasteiger partial charge >= 0.3 is 0 Å². The summed E-state index contributed by atoms with van der Waals surface area (Å²) in [5.41, 5.74) is 3.40. The van der Waals surface area contributed by atoms with Crippen LogP contribution < -0.4 is 5.32 Å². The van der Waals surface area contributed by atoms with E-state index in [9.17, 15) is 0 Å². The Morgan fingerprint density at radius 2 is 1.89 bits per heavy atom. The van der Waals surface area contributed by atoms with Crippen molar-refractivity contribution in [1.82, 2.24) is 5.32 Å². The lowest BCUT2D eigenvalue weighted by atomic mass is 9.90. The zero-order chi connectivity index (χ0) is 13.2. The van der Waals surface area contributed by atoms with E-state index in [1.165, 1.54) is 25.7 Å². The van der Waals surface area contributed by atoms with E-state index in [0.717, 1.165) is 5.92 Å². The van der Waals surface area contributed by atoms with Gasteiger partial charge in [-0.25, -0.2) is 0 Å². The van der Waals surface area contributed by atoms with Crippen molar-refractivity contribution in [2.75, 3.05) is 0 Å². The van der Waals surface area contributed by atoms with Gasteiger partial charge < -0.3 is 5.32 Å². The van der Waals surface area contributed by atoms with Gasteiger partial charge in [-0.15, -0.1) is 0 Å². The predicted octanol–water partition coefficient (Wildman–Crippen LogP) is 4.51. The van der Waals surface area contributed by atoms with Crippen molar-refractivity contribution < 1.29 is 1.43 Å². The van der Waals surface area contributed by atoms with E-state index in [-0.39, 0.29) is 6.97 Å². The van der Waals surface area contributed by atoms with Crippen LogP contribution in [0.1, 0.15) is 59.5 Å². The Labute approximate surface area is 113 Å². The largest absolute Gasteiger partial charge is 0.305 e. The molecule has 1 atom stereocenters. The van der Waals surface area contributed by atoms with Crippen LogP contribution in [0.4, 0.5) is 0 Å². The Bertz CT molecular complexity index is 396. The summed E-state index contributed by atoms with van der Waals surface area (Å²) in [5.74, 6) is 0.779. The average Bonchev–Trinajstić information content (AvgIpc) is 3.09. The van der Waals surface area contributed by atoms with E-state index in [4.69, 9.17) is 0 Å². The van der Waals surface area contributed by atoms with Gasteiger partial charge in [0.1, 0.15) is 0 Å². The molecule has 1 N–H and O–H groups in total. The molecule has 0 aliphatic heterocycles. The quantitative estimate of drug-likeness (QED) is 0.780. The Morgan fingerprint density at radius 1 is 1.22 bits per heavy atom. The molecule has 1 heteroatoms. The summed E-state index contributed by atoms with van der Waals surface area (Å²) in [7, 11) is 0. The van der Waals surface area contributed by atoms with Gasteiger partial charge in [0.05, 0.1) is 0 Å². The molecule has 1 aromatic carbocycles. The summed E-state index contributed by atoms with van der Waals surface area (Å²) < 4.78 is 0. The molecule has 2 rings (SSSR count). The minimum absolute atomic E-state index is 0. The summed E-state index contributed by atoms with van der Waals surface area (Å²) in [6, 6.07) is 9.59. The first kappa shape index (κ1) is 13.6. The standard InChI is InChI=1S/C17H27N.H2/c1-5-14(4)12-15-8-6-7-9-16(15)17(10-11-17)18-13(2)3;/h6-9,13-14,18H,5,10-12H2,1-4H3;1H. The molecule has 1 aromatic rings. The molecule has 0 radical (unpaired) electrons.